The molecule has 6 rings (SSSR count). The van der Waals surface area contributed by atoms with Gasteiger partial charge in [0.2, 0.25) is 5.91 Å². The normalized spacial score (nSPS) is 37.4. The molecule has 5 aliphatic rings. The van der Waals surface area contributed by atoms with Gasteiger partial charge in [-0.1, -0.05) is 12.1 Å². The molecule has 1 aromatic carbocycles. The minimum absolute atomic E-state index is 0.0150. The number of nitro groups is 1. The second-order valence-corrected chi connectivity index (χ2v) is 9.23. The zero-order chi connectivity index (χ0) is 18.6. The number of carbonyl (C=O) groups excluding carboxylic acids is 1. The topological polar surface area (TPSA) is 72.7 Å². The summed E-state index contributed by atoms with van der Waals surface area (Å²) in [5.74, 6) is 1.55. The summed E-state index contributed by atoms with van der Waals surface area (Å²) in [4.78, 5) is 26.3. The van der Waals surface area contributed by atoms with E-state index in [2.05, 4.69) is 0 Å². The van der Waals surface area contributed by atoms with Gasteiger partial charge in [-0.2, -0.15) is 0 Å². The van der Waals surface area contributed by atoms with Crippen LogP contribution in [0.5, 0.6) is 0 Å². The number of nitrogens with zero attached hydrogens (tertiary/aromatic N) is 2. The minimum atomic E-state index is -0.340. The third kappa shape index (κ3) is 2.68. The van der Waals surface area contributed by atoms with E-state index in [4.69, 9.17) is 4.74 Å². The predicted molar refractivity (Wildman–Crippen MR) is 99.3 cm³/mol. The smallest absolute Gasteiger partial charge is 0.269 e. The number of nitro benzene ring substituents is 1. The predicted octanol–water partition coefficient (Wildman–Crippen LogP) is 3.29. The van der Waals surface area contributed by atoms with Crippen LogP contribution in [0.25, 0.3) is 0 Å². The first-order valence-electron chi connectivity index (χ1n) is 10.1. The second kappa shape index (κ2) is 6.03. The zero-order valence-corrected chi connectivity index (χ0v) is 15.6. The molecule has 4 saturated carbocycles. The highest BCUT2D eigenvalue weighted by atomic mass is 16.6. The molecule has 6 heteroatoms. The highest BCUT2D eigenvalue weighted by Crippen LogP contribution is 2.66. The van der Waals surface area contributed by atoms with E-state index in [0.717, 1.165) is 32.1 Å². The van der Waals surface area contributed by atoms with Gasteiger partial charge in [0.15, 0.2) is 0 Å². The average molecular weight is 370 g/mol. The highest BCUT2D eigenvalue weighted by Gasteiger charge is 2.61. The molecule has 4 atom stereocenters. The van der Waals surface area contributed by atoms with Crippen molar-refractivity contribution in [2.24, 2.45) is 17.3 Å². The Morgan fingerprint density at radius 1 is 1.07 bits per heavy atom. The summed E-state index contributed by atoms with van der Waals surface area (Å²) in [6, 6.07) is 7.14. The number of hydrogen-bond donors (Lipinski definition) is 0. The van der Waals surface area contributed by atoms with Crippen molar-refractivity contribution in [1.82, 2.24) is 4.90 Å². The zero-order valence-electron chi connectivity index (χ0n) is 15.6. The molecular weight excluding hydrogens is 344 g/mol. The van der Waals surface area contributed by atoms with Crippen LogP contribution in [0.2, 0.25) is 0 Å². The third-order valence-electron chi connectivity index (χ3n) is 7.50. The van der Waals surface area contributed by atoms with Gasteiger partial charge >= 0.3 is 0 Å². The Labute approximate surface area is 159 Å². The van der Waals surface area contributed by atoms with Crippen molar-refractivity contribution >= 4 is 11.6 Å². The van der Waals surface area contributed by atoms with Gasteiger partial charge in [0.05, 0.1) is 23.6 Å². The summed E-state index contributed by atoms with van der Waals surface area (Å²) < 4.78 is 5.44. The molecule has 0 aromatic heterocycles. The summed E-state index contributed by atoms with van der Waals surface area (Å²) in [6.45, 7) is 2.70. The Morgan fingerprint density at radius 2 is 1.70 bits per heavy atom. The monoisotopic (exact) mass is 370 g/mol. The Morgan fingerprint density at radius 3 is 2.30 bits per heavy atom. The van der Waals surface area contributed by atoms with Gasteiger partial charge in [-0.05, 0) is 61.3 Å². The molecule has 0 N–H and O–H groups in total. The standard InChI is InChI=1S/C21H26N2O4/c24-19(22-5-7-27-8-6-22)21-12-15-9-16(13-21)11-20(10-15,14-21)17-1-3-18(4-2-17)23(25)26/h1-4,15-16H,5-14H2/t15-,16+,20?,21?. The SMILES string of the molecule is O=C(N1CCOCC1)C12C[C@H]3C[C@@H](C1)CC(c1ccc([N+](=O)[O-])cc1)(C3)C2. The molecule has 2 unspecified atom stereocenters. The van der Waals surface area contributed by atoms with E-state index < -0.39 is 0 Å². The summed E-state index contributed by atoms with van der Waals surface area (Å²) in [5.41, 5.74) is 1.12. The molecule has 4 aliphatic carbocycles. The van der Waals surface area contributed by atoms with Crippen molar-refractivity contribution in [2.75, 3.05) is 26.3 Å². The van der Waals surface area contributed by atoms with Crippen molar-refractivity contribution in [3.05, 3.63) is 39.9 Å². The Balaban J connectivity index is 1.48. The largest absolute Gasteiger partial charge is 0.378 e. The molecule has 1 amide bonds. The van der Waals surface area contributed by atoms with E-state index in [9.17, 15) is 14.9 Å². The van der Waals surface area contributed by atoms with Gasteiger partial charge in [-0.3, -0.25) is 14.9 Å². The van der Waals surface area contributed by atoms with Crippen LogP contribution in [0.15, 0.2) is 24.3 Å². The third-order valence-corrected chi connectivity index (χ3v) is 7.50. The number of amides is 1. The molecule has 5 fully saturated rings. The van der Waals surface area contributed by atoms with Crippen LogP contribution in [0.1, 0.15) is 44.1 Å². The van der Waals surface area contributed by atoms with Gasteiger partial charge in [-0.25, -0.2) is 0 Å². The molecule has 6 nitrogen and oxygen atoms in total. The molecule has 1 aromatic rings. The number of carbonyl (C=O) groups is 1. The molecule has 27 heavy (non-hydrogen) atoms. The molecule has 4 bridgehead atoms. The number of morpholine rings is 1. The second-order valence-electron chi connectivity index (χ2n) is 9.23. The number of benzene rings is 1. The molecule has 1 heterocycles. The van der Waals surface area contributed by atoms with Crippen LogP contribution in [0.4, 0.5) is 5.69 Å². The fourth-order valence-electron chi connectivity index (χ4n) is 6.89. The van der Waals surface area contributed by atoms with Crippen LogP contribution in [-0.4, -0.2) is 42.0 Å². The lowest BCUT2D eigenvalue weighted by atomic mass is 9.42. The maximum Gasteiger partial charge on any atom is 0.269 e. The van der Waals surface area contributed by atoms with Crippen LogP contribution >= 0.6 is 0 Å². The Kier molecular flexibility index (Phi) is 3.83. The van der Waals surface area contributed by atoms with Crippen LogP contribution in [0.3, 0.4) is 0 Å². The first-order valence-corrected chi connectivity index (χ1v) is 10.1. The number of rotatable bonds is 3. The van der Waals surface area contributed by atoms with Crippen molar-refractivity contribution in [2.45, 2.75) is 43.9 Å². The number of non-ortho nitro benzene ring substituents is 1. The maximum absolute atomic E-state index is 13.5. The molecule has 144 valence electrons. The average Bonchev–Trinajstić information content (AvgIpc) is 2.67. The molecule has 0 spiro atoms. The summed E-state index contributed by atoms with van der Waals surface area (Å²) >= 11 is 0. The molecular formula is C21H26N2O4. The van der Waals surface area contributed by atoms with E-state index >= 15 is 0 Å². The lowest BCUT2D eigenvalue weighted by Crippen LogP contribution is -2.60. The van der Waals surface area contributed by atoms with Crippen molar-refractivity contribution < 1.29 is 14.5 Å². The summed E-state index contributed by atoms with van der Waals surface area (Å²) in [6.07, 6.45) is 6.44. The van der Waals surface area contributed by atoms with Gasteiger partial charge in [-0.15, -0.1) is 0 Å². The summed E-state index contributed by atoms with van der Waals surface area (Å²) in [7, 11) is 0. The maximum atomic E-state index is 13.5. The van der Waals surface area contributed by atoms with Gasteiger partial charge < -0.3 is 9.64 Å². The molecule has 1 saturated heterocycles. The van der Waals surface area contributed by atoms with E-state index in [0.29, 0.717) is 44.0 Å². The first kappa shape index (κ1) is 17.2. The van der Waals surface area contributed by atoms with Gasteiger partial charge in [0.25, 0.3) is 5.69 Å². The number of ether oxygens (including phenoxy) is 1. The fraction of sp³-hybridized carbons (Fsp3) is 0.667. The minimum Gasteiger partial charge on any atom is -0.378 e. The van der Waals surface area contributed by atoms with E-state index in [-0.39, 0.29) is 21.4 Å². The van der Waals surface area contributed by atoms with Crippen molar-refractivity contribution in [3.63, 3.8) is 0 Å². The number of hydrogen-bond acceptors (Lipinski definition) is 4. The lowest BCUT2D eigenvalue weighted by molar-refractivity contribution is -0.384. The quantitative estimate of drug-likeness (QED) is 0.604. The molecule has 1 aliphatic heterocycles. The Hall–Kier alpha value is -1.95. The van der Waals surface area contributed by atoms with Crippen LogP contribution < -0.4 is 0 Å². The van der Waals surface area contributed by atoms with Crippen LogP contribution in [0, 0.1) is 27.4 Å². The fourth-order valence-corrected chi connectivity index (χ4v) is 6.89. The van der Waals surface area contributed by atoms with E-state index in [1.54, 1.807) is 12.1 Å². The highest BCUT2D eigenvalue weighted by molar-refractivity contribution is 5.83. The first-order chi connectivity index (χ1) is 13.0. The van der Waals surface area contributed by atoms with E-state index in [1.165, 1.54) is 12.0 Å². The summed E-state index contributed by atoms with van der Waals surface area (Å²) in [5, 5.41) is 11.0. The molecule has 0 radical (unpaired) electrons. The Bertz CT molecular complexity index is 755. The van der Waals surface area contributed by atoms with Gasteiger partial charge in [0.1, 0.15) is 0 Å². The van der Waals surface area contributed by atoms with Gasteiger partial charge in [0, 0.05) is 25.2 Å². The van der Waals surface area contributed by atoms with Crippen molar-refractivity contribution in [3.8, 4) is 0 Å². The lowest BCUT2D eigenvalue weighted by Gasteiger charge is -2.62. The van der Waals surface area contributed by atoms with Crippen molar-refractivity contribution in [1.29, 1.82) is 0 Å². The van der Waals surface area contributed by atoms with E-state index in [1.807, 2.05) is 17.0 Å². The van der Waals surface area contributed by atoms with Crippen LogP contribution in [-0.2, 0) is 14.9 Å².